The van der Waals surface area contributed by atoms with Crippen LogP contribution >= 0.6 is 23.1 Å². The Labute approximate surface area is 171 Å². The SMILES string of the molecule is COc1ccc(C(=O)CSc2ncnc3scc(-c4ccc(C)cc4)c23)cc1. The van der Waals surface area contributed by atoms with Crippen molar-refractivity contribution in [1.82, 2.24) is 9.97 Å². The molecule has 140 valence electrons. The Morgan fingerprint density at radius 1 is 1.07 bits per heavy atom. The number of rotatable bonds is 6. The third-order valence-corrected chi connectivity index (χ3v) is 6.33. The highest BCUT2D eigenvalue weighted by Gasteiger charge is 2.15. The van der Waals surface area contributed by atoms with E-state index >= 15 is 0 Å². The molecule has 2 aromatic heterocycles. The molecule has 6 heteroatoms. The Morgan fingerprint density at radius 3 is 2.54 bits per heavy atom. The molecule has 0 saturated heterocycles. The van der Waals surface area contributed by atoms with Crippen LogP contribution in [0.15, 0.2) is 65.3 Å². The molecule has 0 radical (unpaired) electrons. The van der Waals surface area contributed by atoms with Crippen molar-refractivity contribution in [2.75, 3.05) is 12.9 Å². The Hall–Kier alpha value is -2.70. The number of aromatic nitrogens is 2. The molecule has 0 unspecified atom stereocenters. The van der Waals surface area contributed by atoms with Gasteiger partial charge in [-0.25, -0.2) is 9.97 Å². The number of Topliss-reactive ketones (excluding diaryl/α,β-unsaturated/α-hetero) is 1. The molecular weight excluding hydrogens is 388 g/mol. The number of hydrogen-bond donors (Lipinski definition) is 0. The van der Waals surface area contributed by atoms with E-state index in [9.17, 15) is 4.79 Å². The zero-order valence-corrected chi connectivity index (χ0v) is 17.1. The molecule has 0 aliphatic rings. The zero-order chi connectivity index (χ0) is 19.5. The first kappa shape index (κ1) is 18.7. The maximum atomic E-state index is 12.6. The van der Waals surface area contributed by atoms with Crippen molar-refractivity contribution < 1.29 is 9.53 Å². The highest BCUT2D eigenvalue weighted by atomic mass is 32.2. The average molecular weight is 407 g/mol. The number of carbonyl (C=O) groups is 1. The number of benzene rings is 2. The van der Waals surface area contributed by atoms with Crippen LogP contribution in [0.4, 0.5) is 0 Å². The molecule has 0 N–H and O–H groups in total. The van der Waals surface area contributed by atoms with Gasteiger partial charge in [0.25, 0.3) is 0 Å². The molecule has 2 aromatic carbocycles. The number of thiophene rings is 1. The predicted molar refractivity (Wildman–Crippen MR) is 116 cm³/mol. The summed E-state index contributed by atoms with van der Waals surface area (Å²) in [5, 5.41) is 3.96. The molecule has 0 aliphatic carbocycles. The average Bonchev–Trinajstić information content (AvgIpc) is 3.17. The fraction of sp³-hybridized carbons (Fsp3) is 0.136. The lowest BCUT2D eigenvalue weighted by Gasteiger charge is -2.06. The summed E-state index contributed by atoms with van der Waals surface area (Å²) in [5.41, 5.74) is 4.14. The normalized spacial score (nSPS) is 10.9. The van der Waals surface area contributed by atoms with E-state index in [0.717, 1.165) is 32.1 Å². The van der Waals surface area contributed by atoms with Gasteiger partial charge in [0.1, 0.15) is 21.9 Å². The highest BCUT2D eigenvalue weighted by molar-refractivity contribution is 8.00. The number of ketones is 1. The van der Waals surface area contributed by atoms with Gasteiger partial charge < -0.3 is 4.74 Å². The van der Waals surface area contributed by atoms with Crippen LogP contribution in [-0.2, 0) is 0 Å². The first-order valence-corrected chi connectivity index (χ1v) is 10.6. The van der Waals surface area contributed by atoms with Crippen LogP contribution in [0.25, 0.3) is 21.3 Å². The quantitative estimate of drug-likeness (QED) is 0.235. The first-order valence-electron chi connectivity index (χ1n) is 8.75. The second kappa shape index (κ2) is 8.12. The van der Waals surface area contributed by atoms with E-state index in [4.69, 9.17) is 4.74 Å². The van der Waals surface area contributed by atoms with Crippen LogP contribution in [0.3, 0.4) is 0 Å². The minimum Gasteiger partial charge on any atom is -0.497 e. The van der Waals surface area contributed by atoms with Crippen LogP contribution in [-0.4, -0.2) is 28.6 Å². The van der Waals surface area contributed by atoms with Gasteiger partial charge in [-0.1, -0.05) is 41.6 Å². The van der Waals surface area contributed by atoms with Gasteiger partial charge in [-0.15, -0.1) is 11.3 Å². The van der Waals surface area contributed by atoms with E-state index in [1.54, 1.807) is 49.0 Å². The lowest BCUT2D eigenvalue weighted by Crippen LogP contribution is -2.02. The summed E-state index contributed by atoms with van der Waals surface area (Å²) < 4.78 is 5.15. The van der Waals surface area contributed by atoms with Crippen LogP contribution in [0, 0.1) is 6.92 Å². The summed E-state index contributed by atoms with van der Waals surface area (Å²) in [6.45, 7) is 2.07. The van der Waals surface area contributed by atoms with Gasteiger partial charge in [-0.3, -0.25) is 4.79 Å². The van der Waals surface area contributed by atoms with E-state index in [2.05, 4.69) is 46.5 Å². The smallest absolute Gasteiger partial charge is 0.173 e. The minimum atomic E-state index is 0.0616. The topological polar surface area (TPSA) is 52.1 Å². The third kappa shape index (κ3) is 3.79. The lowest BCUT2D eigenvalue weighted by atomic mass is 10.1. The van der Waals surface area contributed by atoms with Crippen molar-refractivity contribution in [3.63, 3.8) is 0 Å². The van der Waals surface area contributed by atoms with Gasteiger partial charge >= 0.3 is 0 Å². The lowest BCUT2D eigenvalue weighted by molar-refractivity contribution is 0.102. The number of hydrogen-bond acceptors (Lipinski definition) is 6. The second-order valence-corrected chi connectivity index (χ2v) is 8.14. The summed E-state index contributed by atoms with van der Waals surface area (Å²) in [6, 6.07) is 15.6. The molecule has 0 atom stereocenters. The van der Waals surface area contributed by atoms with Gasteiger partial charge in [0.05, 0.1) is 18.2 Å². The molecule has 0 bridgehead atoms. The van der Waals surface area contributed by atoms with Gasteiger partial charge in [0.15, 0.2) is 5.78 Å². The Kier molecular flexibility index (Phi) is 5.41. The molecule has 0 aliphatic heterocycles. The number of methoxy groups -OCH3 is 1. The van der Waals surface area contributed by atoms with Crippen molar-refractivity contribution in [3.05, 3.63) is 71.4 Å². The van der Waals surface area contributed by atoms with Crippen molar-refractivity contribution >= 4 is 39.1 Å². The van der Waals surface area contributed by atoms with Crippen molar-refractivity contribution in [2.24, 2.45) is 0 Å². The third-order valence-electron chi connectivity index (χ3n) is 4.45. The van der Waals surface area contributed by atoms with E-state index in [0.29, 0.717) is 11.3 Å². The molecular formula is C22H18N2O2S2. The van der Waals surface area contributed by atoms with E-state index in [1.165, 1.54) is 17.3 Å². The van der Waals surface area contributed by atoms with Crippen molar-refractivity contribution in [1.29, 1.82) is 0 Å². The number of fused-ring (bicyclic) bond motifs is 1. The Balaban J connectivity index is 1.60. The van der Waals surface area contributed by atoms with Gasteiger partial charge in [0, 0.05) is 16.5 Å². The maximum absolute atomic E-state index is 12.6. The Bertz CT molecular complexity index is 1120. The standard InChI is InChI=1S/C22H18N2O2S2/c1-14-3-5-15(6-4-14)18-11-27-21-20(18)22(24-13-23-21)28-12-19(25)16-7-9-17(26-2)10-8-16/h3-11,13H,12H2,1-2H3. The summed E-state index contributed by atoms with van der Waals surface area (Å²) in [7, 11) is 1.61. The van der Waals surface area contributed by atoms with Crippen LogP contribution in [0.1, 0.15) is 15.9 Å². The largest absolute Gasteiger partial charge is 0.497 e. The van der Waals surface area contributed by atoms with Crippen LogP contribution in [0.5, 0.6) is 5.75 Å². The zero-order valence-electron chi connectivity index (χ0n) is 15.5. The molecule has 4 aromatic rings. The number of thioether (sulfide) groups is 1. The van der Waals surface area contributed by atoms with Crippen LogP contribution < -0.4 is 4.74 Å². The molecule has 0 spiro atoms. The fourth-order valence-electron chi connectivity index (χ4n) is 2.90. The molecule has 0 fully saturated rings. The highest BCUT2D eigenvalue weighted by Crippen LogP contribution is 2.38. The predicted octanol–water partition coefficient (Wildman–Crippen LogP) is 5.65. The summed E-state index contributed by atoms with van der Waals surface area (Å²) in [5.74, 6) is 1.12. The summed E-state index contributed by atoms with van der Waals surface area (Å²) >= 11 is 3.05. The minimum absolute atomic E-state index is 0.0616. The van der Waals surface area contributed by atoms with Gasteiger partial charge in [0.2, 0.25) is 0 Å². The monoisotopic (exact) mass is 406 g/mol. The molecule has 0 saturated carbocycles. The molecule has 0 amide bonds. The molecule has 2 heterocycles. The number of aryl methyl sites for hydroxylation is 1. The van der Waals surface area contributed by atoms with Crippen molar-refractivity contribution in [2.45, 2.75) is 11.9 Å². The first-order chi connectivity index (χ1) is 13.7. The molecule has 4 nitrogen and oxygen atoms in total. The fourth-order valence-corrected chi connectivity index (χ4v) is 4.78. The molecule has 4 rings (SSSR count). The van der Waals surface area contributed by atoms with Crippen molar-refractivity contribution in [3.8, 4) is 16.9 Å². The number of ether oxygens (including phenoxy) is 1. The van der Waals surface area contributed by atoms with E-state index in [1.807, 2.05) is 0 Å². The van der Waals surface area contributed by atoms with Crippen LogP contribution in [0.2, 0.25) is 0 Å². The van der Waals surface area contributed by atoms with E-state index in [-0.39, 0.29) is 5.78 Å². The summed E-state index contributed by atoms with van der Waals surface area (Å²) in [6.07, 6.45) is 1.57. The van der Waals surface area contributed by atoms with Gasteiger partial charge in [-0.2, -0.15) is 0 Å². The van der Waals surface area contributed by atoms with Gasteiger partial charge in [-0.05, 0) is 36.8 Å². The summed E-state index contributed by atoms with van der Waals surface area (Å²) in [4.78, 5) is 22.4. The number of carbonyl (C=O) groups excluding carboxylic acids is 1. The second-order valence-electron chi connectivity index (χ2n) is 6.31. The van der Waals surface area contributed by atoms with E-state index < -0.39 is 0 Å². The maximum Gasteiger partial charge on any atom is 0.173 e. The Morgan fingerprint density at radius 2 is 1.82 bits per heavy atom. The molecule has 28 heavy (non-hydrogen) atoms. The number of nitrogens with zero attached hydrogens (tertiary/aromatic N) is 2.